The van der Waals surface area contributed by atoms with Crippen molar-refractivity contribution in [3.8, 4) is 11.4 Å². The summed E-state index contributed by atoms with van der Waals surface area (Å²) in [5, 5.41) is 17.5. The fourth-order valence-corrected chi connectivity index (χ4v) is 5.90. The lowest BCUT2D eigenvalue weighted by molar-refractivity contribution is 0.0755. The van der Waals surface area contributed by atoms with E-state index in [1.54, 1.807) is 40.1 Å². The van der Waals surface area contributed by atoms with Crippen molar-refractivity contribution in [1.29, 1.82) is 0 Å². The number of carbonyl (C=O) groups excluding carboxylic acids is 2. The lowest BCUT2D eigenvalue weighted by Crippen LogP contribution is -2.48. The number of nitrogens with one attached hydrogen (secondary N) is 2. The first-order valence-electron chi connectivity index (χ1n) is 17.4. The molecule has 3 N–H and O–H groups in total. The normalized spacial score (nSPS) is 12.5. The molecule has 0 spiro atoms. The summed E-state index contributed by atoms with van der Waals surface area (Å²) in [5.74, 6) is -1.76. The smallest absolute Gasteiger partial charge is 0.253 e. The van der Waals surface area contributed by atoms with Gasteiger partial charge >= 0.3 is 0 Å². The van der Waals surface area contributed by atoms with Gasteiger partial charge in [-0.2, -0.15) is 0 Å². The van der Waals surface area contributed by atoms with Gasteiger partial charge in [0, 0.05) is 67.9 Å². The van der Waals surface area contributed by atoms with Crippen molar-refractivity contribution in [3.63, 3.8) is 0 Å². The average Bonchev–Trinajstić information content (AvgIpc) is 3.58. The minimum absolute atomic E-state index is 0.0421. The van der Waals surface area contributed by atoms with E-state index in [4.69, 9.17) is 4.74 Å². The first-order valence-corrected chi connectivity index (χ1v) is 17.4. The number of nitrogens with zero attached hydrogens (tertiary/aromatic N) is 3. The van der Waals surface area contributed by atoms with Crippen LogP contribution in [0.1, 0.15) is 77.9 Å². The summed E-state index contributed by atoms with van der Waals surface area (Å²) < 4.78 is 35.8. The SMILES string of the molecule is CCCN(CCC)C(=O)c1cc(C(=O)N[C@@H](Cc2cc(F)cc(F)c2)[C@H](O)CNCc2cccc(CC)c2)cc(-c2nccn2COCC)c1. The maximum Gasteiger partial charge on any atom is 0.253 e. The van der Waals surface area contributed by atoms with Crippen LogP contribution in [0.15, 0.2) is 73.1 Å². The third-order valence-electron chi connectivity index (χ3n) is 8.37. The third kappa shape index (κ3) is 10.8. The molecule has 0 aliphatic carbocycles. The Morgan fingerprint density at radius 1 is 0.920 bits per heavy atom. The number of hydrogen-bond acceptors (Lipinski definition) is 6. The molecule has 0 fully saturated rings. The molecular weight excluding hydrogens is 640 g/mol. The van der Waals surface area contributed by atoms with Crippen LogP contribution in [0.3, 0.4) is 0 Å². The highest BCUT2D eigenvalue weighted by atomic mass is 19.1. The zero-order valence-corrected chi connectivity index (χ0v) is 29.4. The second-order valence-corrected chi connectivity index (χ2v) is 12.4. The largest absolute Gasteiger partial charge is 0.390 e. The van der Waals surface area contributed by atoms with Gasteiger partial charge in [0.15, 0.2) is 0 Å². The van der Waals surface area contributed by atoms with E-state index in [0.717, 1.165) is 30.9 Å². The number of benzene rings is 3. The summed E-state index contributed by atoms with van der Waals surface area (Å²) in [6.07, 6.45) is 4.66. The van der Waals surface area contributed by atoms with Gasteiger partial charge in [-0.05, 0) is 79.6 Å². The number of halogens is 2. The zero-order valence-electron chi connectivity index (χ0n) is 29.4. The number of carbonyl (C=O) groups is 2. The van der Waals surface area contributed by atoms with Crippen LogP contribution in [-0.2, 0) is 30.9 Å². The van der Waals surface area contributed by atoms with Crippen molar-refractivity contribution < 1.29 is 28.2 Å². The minimum atomic E-state index is -1.13. The number of amides is 2. The number of aliphatic hydroxyl groups excluding tert-OH is 1. The summed E-state index contributed by atoms with van der Waals surface area (Å²) in [7, 11) is 0. The first-order chi connectivity index (χ1) is 24.1. The van der Waals surface area contributed by atoms with Crippen LogP contribution < -0.4 is 10.6 Å². The Kier molecular flexibility index (Phi) is 14.6. The molecule has 4 aromatic rings. The molecule has 0 aliphatic rings. The van der Waals surface area contributed by atoms with Crippen molar-refractivity contribution in [1.82, 2.24) is 25.1 Å². The Bertz CT molecular complexity index is 1690. The number of ether oxygens (including phenoxy) is 1. The molecule has 0 bridgehead atoms. The minimum Gasteiger partial charge on any atom is -0.390 e. The summed E-state index contributed by atoms with van der Waals surface area (Å²) in [6.45, 7) is 10.4. The fourth-order valence-electron chi connectivity index (χ4n) is 5.90. The molecule has 4 rings (SSSR count). The number of aryl methyl sites for hydroxylation is 1. The van der Waals surface area contributed by atoms with E-state index in [0.29, 0.717) is 43.2 Å². The van der Waals surface area contributed by atoms with Crippen LogP contribution in [0.2, 0.25) is 0 Å². The number of rotatable bonds is 19. The number of imidazole rings is 1. The van der Waals surface area contributed by atoms with Crippen LogP contribution >= 0.6 is 0 Å². The molecule has 9 nitrogen and oxygen atoms in total. The van der Waals surface area contributed by atoms with Gasteiger partial charge in [-0.1, -0.05) is 45.0 Å². The molecule has 0 saturated carbocycles. The van der Waals surface area contributed by atoms with Gasteiger partial charge in [-0.25, -0.2) is 13.8 Å². The van der Waals surface area contributed by atoms with Crippen LogP contribution in [0, 0.1) is 11.6 Å². The second-order valence-electron chi connectivity index (χ2n) is 12.4. The van der Waals surface area contributed by atoms with E-state index < -0.39 is 29.7 Å². The number of aliphatic hydroxyl groups is 1. The number of aromatic nitrogens is 2. The van der Waals surface area contributed by atoms with Gasteiger partial charge in [0.1, 0.15) is 24.2 Å². The van der Waals surface area contributed by atoms with Gasteiger partial charge < -0.3 is 29.9 Å². The van der Waals surface area contributed by atoms with Gasteiger partial charge in [0.05, 0.1) is 12.1 Å². The molecule has 0 saturated heterocycles. The zero-order chi connectivity index (χ0) is 36.0. The van der Waals surface area contributed by atoms with Crippen LogP contribution in [-0.4, -0.2) is 69.8 Å². The quantitative estimate of drug-likeness (QED) is 0.109. The topological polar surface area (TPSA) is 109 Å². The van der Waals surface area contributed by atoms with Crippen molar-refractivity contribution in [2.45, 2.75) is 78.8 Å². The maximum atomic E-state index is 14.2. The standard InChI is InChI=1S/C39H49F2N5O4/c1-5-13-45(14-6-2)39(49)32-21-30(37-43-12-15-46(37)26-50-8-4)20-31(22-32)38(48)44-35(19-29-17-33(40)23-34(41)18-29)36(47)25-42-24-28-11-9-10-27(7-3)16-28/h9-12,15-18,20-23,35-36,42,47H,5-8,13-14,19,24-26H2,1-4H3,(H,44,48)/t35-,36+/m0/s1. The molecule has 1 heterocycles. The molecule has 50 heavy (non-hydrogen) atoms. The Hall–Kier alpha value is -4.45. The summed E-state index contributed by atoms with van der Waals surface area (Å²) >= 11 is 0. The van der Waals surface area contributed by atoms with E-state index >= 15 is 0 Å². The van der Waals surface area contributed by atoms with Crippen molar-refractivity contribution >= 4 is 11.8 Å². The van der Waals surface area contributed by atoms with Crippen molar-refractivity contribution in [2.75, 3.05) is 26.2 Å². The monoisotopic (exact) mass is 689 g/mol. The van der Waals surface area contributed by atoms with Crippen molar-refractivity contribution in [2.24, 2.45) is 0 Å². The van der Waals surface area contributed by atoms with Crippen LogP contribution in [0.4, 0.5) is 8.78 Å². The molecule has 268 valence electrons. The average molecular weight is 690 g/mol. The first kappa shape index (κ1) is 38.4. The predicted octanol–water partition coefficient (Wildman–Crippen LogP) is 6.14. The number of hydrogen-bond donors (Lipinski definition) is 3. The third-order valence-corrected chi connectivity index (χ3v) is 8.37. The van der Waals surface area contributed by atoms with E-state index in [9.17, 15) is 23.5 Å². The highest BCUT2D eigenvalue weighted by Crippen LogP contribution is 2.24. The molecule has 0 aliphatic heterocycles. The lowest BCUT2D eigenvalue weighted by Gasteiger charge is -2.26. The predicted molar refractivity (Wildman–Crippen MR) is 191 cm³/mol. The Morgan fingerprint density at radius 2 is 1.62 bits per heavy atom. The Balaban J connectivity index is 1.66. The van der Waals surface area contributed by atoms with Gasteiger partial charge in [-0.3, -0.25) is 9.59 Å². The maximum absolute atomic E-state index is 14.2. The molecule has 2 amide bonds. The molecular formula is C39H49F2N5O4. The van der Waals surface area contributed by atoms with E-state index in [2.05, 4.69) is 28.6 Å². The fraction of sp³-hybridized carbons (Fsp3) is 0.410. The Morgan fingerprint density at radius 3 is 2.30 bits per heavy atom. The summed E-state index contributed by atoms with van der Waals surface area (Å²) in [4.78, 5) is 34.1. The molecule has 3 aromatic carbocycles. The second kappa shape index (κ2) is 19.1. The van der Waals surface area contributed by atoms with Crippen molar-refractivity contribution in [3.05, 3.63) is 113 Å². The van der Waals surface area contributed by atoms with Crippen LogP contribution in [0.25, 0.3) is 11.4 Å². The van der Waals surface area contributed by atoms with Gasteiger partial charge in [0.25, 0.3) is 11.8 Å². The van der Waals surface area contributed by atoms with Gasteiger partial charge in [0.2, 0.25) is 0 Å². The highest BCUT2D eigenvalue weighted by Gasteiger charge is 2.25. The molecule has 11 heteroatoms. The van der Waals surface area contributed by atoms with E-state index in [1.165, 1.54) is 17.7 Å². The van der Waals surface area contributed by atoms with Gasteiger partial charge in [-0.15, -0.1) is 0 Å². The molecule has 0 unspecified atom stereocenters. The lowest BCUT2D eigenvalue weighted by atomic mass is 9.99. The molecule has 0 radical (unpaired) electrons. The Labute approximate surface area is 293 Å². The molecule has 2 atom stereocenters. The molecule has 1 aromatic heterocycles. The van der Waals surface area contributed by atoms with Crippen LogP contribution in [0.5, 0.6) is 0 Å². The summed E-state index contributed by atoms with van der Waals surface area (Å²) in [5.41, 5.74) is 3.55. The highest BCUT2D eigenvalue weighted by molar-refractivity contribution is 6.01. The van der Waals surface area contributed by atoms with E-state index in [1.807, 2.05) is 39.0 Å². The van der Waals surface area contributed by atoms with E-state index in [-0.39, 0.29) is 36.7 Å². The summed E-state index contributed by atoms with van der Waals surface area (Å²) in [6, 6.07) is 15.2.